The van der Waals surface area contributed by atoms with E-state index >= 15 is 0 Å². The zero-order valence-electron chi connectivity index (χ0n) is 9.47. The molecule has 0 radical (unpaired) electrons. The summed E-state index contributed by atoms with van der Waals surface area (Å²) in [6.45, 7) is 0. The Kier molecular flexibility index (Phi) is 3.92. The highest BCUT2D eigenvalue weighted by Gasteiger charge is 2.11. The Morgan fingerprint density at radius 2 is 2.00 bits per heavy atom. The van der Waals surface area contributed by atoms with Gasteiger partial charge in [-0.1, -0.05) is 27.5 Å². The average molecular weight is 344 g/mol. The third kappa shape index (κ3) is 3.36. The highest BCUT2D eigenvalue weighted by Crippen LogP contribution is 2.33. The summed E-state index contributed by atoms with van der Waals surface area (Å²) in [6.07, 6.45) is 0. The third-order valence-electron chi connectivity index (χ3n) is 2.25. The van der Waals surface area contributed by atoms with E-state index in [9.17, 15) is 10.1 Å². The van der Waals surface area contributed by atoms with E-state index in [2.05, 4.69) is 15.9 Å². The predicted molar refractivity (Wildman–Crippen MR) is 76.7 cm³/mol. The lowest BCUT2D eigenvalue weighted by Crippen LogP contribution is -1.93. The second-order valence-electron chi connectivity index (χ2n) is 3.69. The van der Waals surface area contributed by atoms with Crippen LogP contribution in [-0.4, -0.2) is 4.92 Å². The first-order valence-corrected chi connectivity index (χ1v) is 6.30. The van der Waals surface area contributed by atoms with Gasteiger partial charge in [0, 0.05) is 22.3 Å². The highest BCUT2D eigenvalue weighted by molar-refractivity contribution is 9.10. The van der Waals surface area contributed by atoms with Crippen LogP contribution in [0.15, 0.2) is 40.9 Å². The van der Waals surface area contributed by atoms with Gasteiger partial charge in [0.25, 0.3) is 5.69 Å². The zero-order chi connectivity index (χ0) is 14.0. The number of nitrogens with zero attached hydrogens (tertiary/aromatic N) is 1. The summed E-state index contributed by atoms with van der Waals surface area (Å²) in [5.74, 6) is 0.653. The second kappa shape index (κ2) is 5.46. The number of anilines is 1. The van der Waals surface area contributed by atoms with Crippen molar-refractivity contribution in [3.05, 3.63) is 56.0 Å². The van der Waals surface area contributed by atoms with Crippen molar-refractivity contribution in [2.45, 2.75) is 0 Å². The number of non-ortho nitro benzene ring substituents is 1. The van der Waals surface area contributed by atoms with Crippen molar-refractivity contribution in [3.63, 3.8) is 0 Å². The largest absolute Gasteiger partial charge is 0.455 e. The van der Waals surface area contributed by atoms with Gasteiger partial charge in [0.2, 0.25) is 0 Å². The summed E-state index contributed by atoms with van der Waals surface area (Å²) in [5.41, 5.74) is 5.70. The van der Waals surface area contributed by atoms with Gasteiger partial charge in [-0.2, -0.15) is 0 Å². The molecule has 0 heterocycles. The number of nitro benzene ring substituents is 1. The molecule has 0 atom stereocenters. The molecule has 2 aromatic carbocycles. The van der Waals surface area contributed by atoms with Crippen molar-refractivity contribution in [2.75, 3.05) is 5.73 Å². The lowest BCUT2D eigenvalue weighted by atomic mass is 10.2. The maximum absolute atomic E-state index is 10.7. The molecule has 2 rings (SSSR count). The Hall–Kier alpha value is -1.79. The number of halogens is 2. The standard InChI is InChI=1S/C12H8BrClN2O3/c13-7-1-2-12(11(14)3-7)19-10-5-8(15)4-9(6-10)16(17)18/h1-6H,15H2. The highest BCUT2D eigenvalue weighted by atomic mass is 79.9. The van der Waals surface area contributed by atoms with Crippen LogP contribution in [0, 0.1) is 10.1 Å². The molecule has 0 saturated carbocycles. The van der Waals surface area contributed by atoms with Crippen LogP contribution >= 0.6 is 27.5 Å². The maximum Gasteiger partial charge on any atom is 0.275 e. The van der Waals surface area contributed by atoms with Gasteiger partial charge in [0.05, 0.1) is 16.0 Å². The summed E-state index contributed by atoms with van der Waals surface area (Å²) >= 11 is 9.28. The Balaban J connectivity index is 2.35. The molecule has 7 heteroatoms. The lowest BCUT2D eigenvalue weighted by molar-refractivity contribution is -0.384. The number of ether oxygens (including phenoxy) is 1. The van der Waals surface area contributed by atoms with E-state index < -0.39 is 4.92 Å². The molecule has 98 valence electrons. The quantitative estimate of drug-likeness (QED) is 0.509. The predicted octanol–water partition coefficient (Wildman–Crippen LogP) is 4.39. The lowest BCUT2D eigenvalue weighted by Gasteiger charge is -2.08. The summed E-state index contributed by atoms with van der Waals surface area (Å²) in [7, 11) is 0. The van der Waals surface area contributed by atoms with Crippen molar-refractivity contribution < 1.29 is 9.66 Å². The van der Waals surface area contributed by atoms with E-state index in [4.69, 9.17) is 22.1 Å². The van der Waals surface area contributed by atoms with E-state index in [0.29, 0.717) is 10.8 Å². The van der Waals surface area contributed by atoms with Gasteiger partial charge in [0.1, 0.15) is 11.5 Å². The topological polar surface area (TPSA) is 78.4 Å². The molecule has 0 saturated heterocycles. The van der Waals surface area contributed by atoms with E-state index in [1.807, 2.05) is 0 Å². The molecule has 0 aliphatic heterocycles. The molecule has 0 aliphatic carbocycles. The fourth-order valence-corrected chi connectivity index (χ4v) is 2.17. The third-order valence-corrected chi connectivity index (χ3v) is 3.03. The molecule has 0 unspecified atom stereocenters. The first-order chi connectivity index (χ1) is 8.95. The maximum atomic E-state index is 10.7. The minimum atomic E-state index is -0.535. The summed E-state index contributed by atoms with van der Waals surface area (Å²) < 4.78 is 6.31. The van der Waals surface area contributed by atoms with Crippen LogP contribution < -0.4 is 10.5 Å². The van der Waals surface area contributed by atoms with Crippen LogP contribution in [0.1, 0.15) is 0 Å². The van der Waals surface area contributed by atoms with Gasteiger partial charge in [-0.3, -0.25) is 10.1 Å². The molecule has 0 aromatic heterocycles. The molecule has 19 heavy (non-hydrogen) atoms. The van der Waals surface area contributed by atoms with Crippen LogP contribution in [0.2, 0.25) is 5.02 Å². The van der Waals surface area contributed by atoms with Crippen molar-refractivity contribution in [1.29, 1.82) is 0 Å². The molecule has 0 bridgehead atoms. The summed E-state index contributed by atoms with van der Waals surface area (Å²) in [4.78, 5) is 10.2. The first kappa shape index (κ1) is 13.6. The summed E-state index contributed by atoms with van der Waals surface area (Å²) in [6, 6.07) is 9.11. The van der Waals surface area contributed by atoms with Gasteiger partial charge < -0.3 is 10.5 Å². The Morgan fingerprint density at radius 3 is 2.63 bits per heavy atom. The van der Waals surface area contributed by atoms with Gasteiger partial charge in [0.15, 0.2) is 0 Å². The minimum Gasteiger partial charge on any atom is -0.455 e. The monoisotopic (exact) mass is 342 g/mol. The molecule has 2 aromatic rings. The van der Waals surface area contributed by atoms with Crippen LogP contribution in [-0.2, 0) is 0 Å². The van der Waals surface area contributed by atoms with Gasteiger partial charge >= 0.3 is 0 Å². The van der Waals surface area contributed by atoms with E-state index in [1.54, 1.807) is 18.2 Å². The number of rotatable bonds is 3. The van der Waals surface area contributed by atoms with E-state index in [-0.39, 0.29) is 17.1 Å². The molecule has 2 N–H and O–H groups in total. The van der Waals surface area contributed by atoms with Gasteiger partial charge in [-0.15, -0.1) is 0 Å². The molecular weight excluding hydrogens is 336 g/mol. The Labute approximate surface area is 122 Å². The molecular formula is C12H8BrClN2O3. The summed E-state index contributed by atoms with van der Waals surface area (Å²) in [5, 5.41) is 11.1. The number of nitrogen functional groups attached to an aromatic ring is 1. The molecule has 0 spiro atoms. The molecule has 5 nitrogen and oxygen atoms in total. The van der Waals surface area contributed by atoms with Crippen LogP contribution in [0.5, 0.6) is 11.5 Å². The normalized spacial score (nSPS) is 10.2. The Morgan fingerprint density at radius 1 is 1.26 bits per heavy atom. The Bertz CT molecular complexity index is 649. The number of nitro groups is 1. The number of hydrogen-bond acceptors (Lipinski definition) is 4. The number of nitrogens with two attached hydrogens (primary N) is 1. The minimum absolute atomic E-state index is 0.136. The SMILES string of the molecule is Nc1cc(Oc2ccc(Br)cc2Cl)cc([N+](=O)[O-])c1. The smallest absolute Gasteiger partial charge is 0.275 e. The van der Waals surface area contributed by atoms with Crippen LogP contribution in [0.3, 0.4) is 0 Å². The number of benzene rings is 2. The molecule has 0 fully saturated rings. The van der Waals surface area contributed by atoms with E-state index in [1.165, 1.54) is 18.2 Å². The van der Waals surface area contributed by atoms with Gasteiger partial charge in [-0.05, 0) is 18.2 Å². The number of hydrogen-bond donors (Lipinski definition) is 1. The van der Waals surface area contributed by atoms with Crippen molar-refractivity contribution >= 4 is 38.9 Å². The van der Waals surface area contributed by atoms with Gasteiger partial charge in [-0.25, -0.2) is 0 Å². The van der Waals surface area contributed by atoms with Crippen LogP contribution in [0.25, 0.3) is 0 Å². The van der Waals surface area contributed by atoms with Crippen LogP contribution in [0.4, 0.5) is 11.4 Å². The fraction of sp³-hybridized carbons (Fsp3) is 0. The van der Waals surface area contributed by atoms with Crippen molar-refractivity contribution in [3.8, 4) is 11.5 Å². The molecule has 0 aliphatic rings. The van der Waals surface area contributed by atoms with Crippen molar-refractivity contribution in [2.24, 2.45) is 0 Å². The zero-order valence-corrected chi connectivity index (χ0v) is 11.8. The first-order valence-electron chi connectivity index (χ1n) is 5.13. The second-order valence-corrected chi connectivity index (χ2v) is 5.02. The van der Waals surface area contributed by atoms with E-state index in [0.717, 1.165) is 4.47 Å². The fourth-order valence-electron chi connectivity index (χ4n) is 1.46. The molecule has 0 amide bonds. The average Bonchev–Trinajstić information content (AvgIpc) is 2.32. The van der Waals surface area contributed by atoms with Crippen molar-refractivity contribution in [1.82, 2.24) is 0 Å².